The fraction of sp³-hybridized carbons (Fsp3) is 0.214. The third kappa shape index (κ3) is 2.27. The lowest BCUT2D eigenvalue weighted by Crippen LogP contribution is -1.90. The Hall–Kier alpha value is -1.70. The van der Waals surface area contributed by atoms with Gasteiger partial charge in [0.2, 0.25) is 0 Å². The Morgan fingerprint density at radius 3 is 2.56 bits per heavy atom. The maximum absolute atomic E-state index is 13.5. The Bertz CT molecular complexity index is 462. The average molecular weight is 215 g/mol. The fourth-order valence-electron chi connectivity index (χ4n) is 1.69. The summed E-state index contributed by atoms with van der Waals surface area (Å²) in [6.45, 7) is 2.13. The van der Waals surface area contributed by atoms with Crippen LogP contribution in [0.25, 0.3) is 11.3 Å². The van der Waals surface area contributed by atoms with Crippen molar-refractivity contribution in [2.45, 2.75) is 19.8 Å². The van der Waals surface area contributed by atoms with E-state index in [0.717, 1.165) is 12.8 Å². The van der Waals surface area contributed by atoms with Crippen LogP contribution in [0, 0.1) is 5.82 Å². The van der Waals surface area contributed by atoms with E-state index in [0.29, 0.717) is 11.3 Å². The van der Waals surface area contributed by atoms with E-state index in [-0.39, 0.29) is 5.82 Å². The molecule has 0 bridgehead atoms. The largest absolute Gasteiger partial charge is 0.256 e. The van der Waals surface area contributed by atoms with Crippen LogP contribution in [-0.4, -0.2) is 4.98 Å². The Morgan fingerprint density at radius 1 is 1.12 bits per heavy atom. The van der Waals surface area contributed by atoms with Gasteiger partial charge in [0.05, 0.1) is 5.69 Å². The zero-order valence-corrected chi connectivity index (χ0v) is 9.28. The number of benzene rings is 1. The minimum Gasteiger partial charge on any atom is -0.256 e. The summed E-state index contributed by atoms with van der Waals surface area (Å²) in [5.41, 5.74) is 2.45. The van der Waals surface area contributed by atoms with Crippen LogP contribution in [0.4, 0.5) is 4.39 Å². The van der Waals surface area contributed by atoms with Gasteiger partial charge in [-0.2, -0.15) is 0 Å². The van der Waals surface area contributed by atoms with Crippen LogP contribution in [0.15, 0.2) is 42.6 Å². The molecule has 0 aliphatic rings. The summed E-state index contributed by atoms with van der Waals surface area (Å²) in [6.07, 6.45) is 3.94. The molecule has 0 saturated heterocycles. The van der Waals surface area contributed by atoms with Gasteiger partial charge in [-0.1, -0.05) is 31.5 Å². The molecular weight excluding hydrogens is 201 g/mol. The van der Waals surface area contributed by atoms with Crippen LogP contribution in [0.5, 0.6) is 0 Å². The minimum absolute atomic E-state index is 0.224. The zero-order chi connectivity index (χ0) is 11.4. The molecule has 0 aliphatic heterocycles. The molecule has 2 aromatic rings. The average Bonchev–Trinajstić information content (AvgIpc) is 2.31. The molecule has 0 fully saturated rings. The van der Waals surface area contributed by atoms with Crippen molar-refractivity contribution in [3.05, 3.63) is 54.0 Å². The predicted octanol–water partition coefficient (Wildman–Crippen LogP) is 3.84. The molecule has 2 heteroatoms. The van der Waals surface area contributed by atoms with E-state index in [1.165, 1.54) is 11.6 Å². The number of hydrogen-bond donors (Lipinski definition) is 0. The summed E-state index contributed by atoms with van der Waals surface area (Å²) in [7, 11) is 0. The smallest absolute Gasteiger partial charge is 0.132 e. The number of rotatable bonds is 3. The summed E-state index contributed by atoms with van der Waals surface area (Å²) in [4.78, 5) is 4.29. The molecular formula is C14H14FN. The second-order valence-corrected chi connectivity index (χ2v) is 3.78. The second-order valence-electron chi connectivity index (χ2n) is 3.78. The molecule has 2 rings (SSSR count). The molecule has 1 aromatic heterocycles. The van der Waals surface area contributed by atoms with Gasteiger partial charge in [0.25, 0.3) is 0 Å². The van der Waals surface area contributed by atoms with E-state index in [9.17, 15) is 4.39 Å². The second kappa shape index (κ2) is 4.88. The molecule has 0 amide bonds. The van der Waals surface area contributed by atoms with Crippen LogP contribution in [0.2, 0.25) is 0 Å². The van der Waals surface area contributed by atoms with Crippen molar-refractivity contribution in [3.8, 4) is 11.3 Å². The minimum atomic E-state index is -0.224. The van der Waals surface area contributed by atoms with Gasteiger partial charge < -0.3 is 0 Å². The van der Waals surface area contributed by atoms with Gasteiger partial charge >= 0.3 is 0 Å². The molecule has 0 N–H and O–H groups in total. The van der Waals surface area contributed by atoms with Crippen LogP contribution in [0.1, 0.15) is 18.9 Å². The molecule has 0 aliphatic carbocycles. The summed E-state index contributed by atoms with van der Waals surface area (Å²) in [5, 5.41) is 0. The molecule has 0 saturated carbocycles. The van der Waals surface area contributed by atoms with Crippen molar-refractivity contribution in [3.63, 3.8) is 0 Å². The van der Waals surface area contributed by atoms with Crippen molar-refractivity contribution in [2.75, 3.05) is 0 Å². The monoisotopic (exact) mass is 215 g/mol. The maximum Gasteiger partial charge on any atom is 0.132 e. The van der Waals surface area contributed by atoms with Crippen molar-refractivity contribution in [1.82, 2.24) is 4.98 Å². The van der Waals surface area contributed by atoms with Crippen LogP contribution < -0.4 is 0 Å². The number of aryl methyl sites for hydroxylation is 1. The lowest BCUT2D eigenvalue weighted by atomic mass is 10.1. The molecule has 1 aromatic carbocycles. The van der Waals surface area contributed by atoms with E-state index >= 15 is 0 Å². The summed E-state index contributed by atoms with van der Waals surface area (Å²) < 4.78 is 13.5. The van der Waals surface area contributed by atoms with Gasteiger partial charge in [-0.05, 0) is 30.2 Å². The van der Waals surface area contributed by atoms with Gasteiger partial charge in [-0.15, -0.1) is 0 Å². The van der Waals surface area contributed by atoms with E-state index in [1.54, 1.807) is 12.1 Å². The number of nitrogens with zero attached hydrogens (tertiary/aromatic N) is 1. The van der Waals surface area contributed by atoms with Gasteiger partial charge in [0, 0.05) is 11.8 Å². The first-order chi connectivity index (χ1) is 7.81. The molecule has 1 heterocycles. The molecule has 0 radical (unpaired) electrons. The van der Waals surface area contributed by atoms with E-state index in [2.05, 4.69) is 11.9 Å². The third-order valence-corrected chi connectivity index (χ3v) is 2.51. The highest BCUT2D eigenvalue weighted by Crippen LogP contribution is 2.20. The number of pyridine rings is 1. The van der Waals surface area contributed by atoms with Gasteiger partial charge in [-0.25, -0.2) is 4.39 Å². The number of hydrogen-bond acceptors (Lipinski definition) is 1. The maximum atomic E-state index is 13.5. The Balaban J connectivity index is 2.31. The van der Waals surface area contributed by atoms with Crippen molar-refractivity contribution in [1.29, 1.82) is 0 Å². The van der Waals surface area contributed by atoms with Gasteiger partial charge in [0.1, 0.15) is 5.82 Å². The lowest BCUT2D eigenvalue weighted by molar-refractivity contribution is 0.630. The van der Waals surface area contributed by atoms with Crippen LogP contribution in [-0.2, 0) is 6.42 Å². The first kappa shape index (κ1) is 10.8. The molecule has 16 heavy (non-hydrogen) atoms. The predicted molar refractivity (Wildman–Crippen MR) is 63.6 cm³/mol. The highest BCUT2D eigenvalue weighted by Gasteiger charge is 2.04. The first-order valence-electron chi connectivity index (χ1n) is 5.51. The molecule has 82 valence electrons. The Kier molecular flexibility index (Phi) is 3.30. The first-order valence-corrected chi connectivity index (χ1v) is 5.51. The zero-order valence-electron chi connectivity index (χ0n) is 9.28. The lowest BCUT2D eigenvalue weighted by Gasteiger charge is -2.03. The highest BCUT2D eigenvalue weighted by atomic mass is 19.1. The Labute approximate surface area is 95.0 Å². The normalized spacial score (nSPS) is 10.4. The Morgan fingerprint density at radius 2 is 1.94 bits per heavy atom. The molecule has 1 nitrogen and oxygen atoms in total. The molecule has 0 spiro atoms. The van der Waals surface area contributed by atoms with E-state index in [4.69, 9.17) is 0 Å². The van der Waals surface area contributed by atoms with Crippen molar-refractivity contribution in [2.24, 2.45) is 0 Å². The van der Waals surface area contributed by atoms with Gasteiger partial charge in [0.15, 0.2) is 0 Å². The van der Waals surface area contributed by atoms with Crippen LogP contribution in [0.3, 0.4) is 0 Å². The topological polar surface area (TPSA) is 12.9 Å². The quantitative estimate of drug-likeness (QED) is 0.758. The third-order valence-electron chi connectivity index (χ3n) is 2.51. The van der Waals surface area contributed by atoms with Gasteiger partial charge in [-0.3, -0.25) is 4.98 Å². The number of aromatic nitrogens is 1. The molecule has 0 unspecified atom stereocenters. The summed E-state index contributed by atoms with van der Waals surface area (Å²) >= 11 is 0. The van der Waals surface area contributed by atoms with E-state index in [1.807, 2.05) is 24.4 Å². The standard InChI is InChI=1S/C14H14FN/c1-2-5-11-8-9-14(16-10-11)12-6-3-4-7-13(12)15/h3-4,6-10H,2,5H2,1H3. The van der Waals surface area contributed by atoms with Crippen molar-refractivity contribution < 1.29 is 4.39 Å². The van der Waals surface area contributed by atoms with E-state index < -0.39 is 0 Å². The summed E-state index contributed by atoms with van der Waals surface area (Å²) in [6, 6.07) is 10.6. The SMILES string of the molecule is CCCc1ccc(-c2ccccc2F)nc1. The summed E-state index contributed by atoms with van der Waals surface area (Å²) in [5.74, 6) is -0.224. The highest BCUT2D eigenvalue weighted by molar-refractivity contribution is 5.59. The fourth-order valence-corrected chi connectivity index (χ4v) is 1.69. The van der Waals surface area contributed by atoms with Crippen molar-refractivity contribution >= 4 is 0 Å². The number of halogens is 1. The molecule has 0 atom stereocenters. The van der Waals surface area contributed by atoms with Crippen LogP contribution >= 0.6 is 0 Å².